The number of alkyl halides is 3. The van der Waals surface area contributed by atoms with Gasteiger partial charge in [0.2, 0.25) is 0 Å². The van der Waals surface area contributed by atoms with Gasteiger partial charge in [0, 0.05) is 23.5 Å². The summed E-state index contributed by atoms with van der Waals surface area (Å²) >= 11 is 0. The minimum atomic E-state index is -4.63. The summed E-state index contributed by atoms with van der Waals surface area (Å²) < 4.78 is 65.9. The van der Waals surface area contributed by atoms with Gasteiger partial charge in [-0.25, -0.2) is 4.39 Å². The van der Waals surface area contributed by atoms with Crippen molar-refractivity contribution in [1.29, 1.82) is 0 Å². The van der Waals surface area contributed by atoms with E-state index in [1.54, 1.807) is 22.8 Å². The smallest absolute Gasteiger partial charge is 0.417 e. The Kier molecular flexibility index (Phi) is 7.54. The van der Waals surface area contributed by atoms with E-state index in [2.05, 4.69) is 5.32 Å². The lowest BCUT2D eigenvalue weighted by atomic mass is 10.0. The highest BCUT2D eigenvalue weighted by Gasteiger charge is 2.35. The second-order valence-electron chi connectivity index (χ2n) is 10.5. The number of halogens is 4. The van der Waals surface area contributed by atoms with Crippen LogP contribution in [0, 0.1) is 5.82 Å². The molecule has 0 bridgehead atoms. The van der Waals surface area contributed by atoms with E-state index in [-0.39, 0.29) is 23.2 Å². The van der Waals surface area contributed by atoms with Crippen LogP contribution >= 0.6 is 0 Å². The molecular formula is C34H30F4N2O. The molecule has 0 unspecified atom stereocenters. The van der Waals surface area contributed by atoms with E-state index in [1.165, 1.54) is 36.6 Å². The maximum Gasteiger partial charge on any atom is 0.417 e. The van der Waals surface area contributed by atoms with Crippen LogP contribution in [0.3, 0.4) is 0 Å². The molecule has 1 aliphatic carbocycles. The van der Waals surface area contributed by atoms with Crippen LogP contribution in [-0.4, -0.2) is 17.2 Å². The van der Waals surface area contributed by atoms with Gasteiger partial charge in [0.25, 0.3) is 0 Å². The van der Waals surface area contributed by atoms with E-state index < -0.39 is 17.6 Å². The second-order valence-corrected chi connectivity index (χ2v) is 10.5. The van der Waals surface area contributed by atoms with E-state index in [0.717, 1.165) is 30.2 Å². The van der Waals surface area contributed by atoms with Gasteiger partial charge in [0.05, 0.1) is 16.8 Å². The summed E-state index contributed by atoms with van der Waals surface area (Å²) in [5, 5.41) is 3.71. The van der Waals surface area contributed by atoms with E-state index >= 15 is 4.39 Å². The van der Waals surface area contributed by atoms with Crippen LogP contribution in [0.15, 0.2) is 97.1 Å². The lowest BCUT2D eigenvalue weighted by molar-refractivity contribution is -0.137. The van der Waals surface area contributed by atoms with Gasteiger partial charge in [-0.15, -0.1) is 0 Å². The fourth-order valence-corrected chi connectivity index (χ4v) is 5.19. The third-order valence-corrected chi connectivity index (χ3v) is 7.50. The van der Waals surface area contributed by atoms with Gasteiger partial charge in [-0.05, 0) is 66.8 Å². The Hall–Kier alpha value is -4.10. The molecule has 210 valence electrons. The number of nitrogens with zero attached hydrogens (tertiary/aromatic N) is 1. The van der Waals surface area contributed by atoms with Gasteiger partial charge < -0.3 is 14.6 Å². The molecule has 0 aliphatic heterocycles. The number of aromatic nitrogens is 1. The minimum Gasteiger partial charge on any atom is -0.489 e. The predicted molar refractivity (Wildman–Crippen MR) is 153 cm³/mol. The van der Waals surface area contributed by atoms with Crippen molar-refractivity contribution >= 4 is 10.9 Å². The molecule has 0 radical (unpaired) electrons. The topological polar surface area (TPSA) is 26.2 Å². The van der Waals surface area contributed by atoms with Crippen molar-refractivity contribution < 1.29 is 22.3 Å². The van der Waals surface area contributed by atoms with Crippen LogP contribution in [0.2, 0.25) is 0 Å². The maximum atomic E-state index is 16.2. The third-order valence-electron chi connectivity index (χ3n) is 7.50. The van der Waals surface area contributed by atoms with Crippen molar-refractivity contribution in [2.45, 2.75) is 44.6 Å². The molecule has 1 aliphatic rings. The summed E-state index contributed by atoms with van der Waals surface area (Å²) in [6.07, 6.45) is -1.26. The molecule has 0 saturated heterocycles. The number of rotatable bonds is 10. The quantitative estimate of drug-likeness (QED) is 0.174. The lowest BCUT2D eigenvalue weighted by Crippen LogP contribution is -2.19. The van der Waals surface area contributed by atoms with E-state index in [4.69, 9.17) is 4.74 Å². The molecule has 0 amide bonds. The Morgan fingerprint density at radius 3 is 2.24 bits per heavy atom. The molecule has 6 rings (SSSR count). The third kappa shape index (κ3) is 6.15. The number of fused-ring (bicyclic) bond motifs is 1. The molecule has 3 nitrogen and oxygen atoms in total. The van der Waals surface area contributed by atoms with Gasteiger partial charge in [-0.3, -0.25) is 0 Å². The molecule has 41 heavy (non-hydrogen) atoms. The van der Waals surface area contributed by atoms with Crippen molar-refractivity contribution in [1.82, 2.24) is 9.88 Å². The largest absolute Gasteiger partial charge is 0.489 e. The Labute approximate surface area is 236 Å². The average molecular weight is 559 g/mol. The molecule has 1 saturated carbocycles. The summed E-state index contributed by atoms with van der Waals surface area (Å²) in [6.45, 7) is 1.41. The fraction of sp³-hybridized carbons (Fsp3) is 0.235. The van der Waals surface area contributed by atoms with Crippen LogP contribution in [0.1, 0.15) is 35.1 Å². The molecule has 1 fully saturated rings. The minimum absolute atomic E-state index is 0.0918. The monoisotopic (exact) mass is 558 g/mol. The van der Waals surface area contributed by atoms with E-state index in [1.807, 2.05) is 54.6 Å². The molecule has 1 heterocycles. The van der Waals surface area contributed by atoms with E-state index in [9.17, 15) is 13.2 Å². The van der Waals surface area contributed by atoms with Crippen molar-refractivity contribution in [3.8, 4) is 17.0 Å². The van der Waals surface area contributed by atoms with Gasteiger partial charge >= 0.3 is 6.18 Å². The van der Waals surface area contributed by atoms with Crippen LogP contribution in [0.5, 0.6) is 5.75 Å². The summed E-state index contributed by atoms with van der Waals surface area (Å²) in [7, 11) is 0. The Morgan fingerprint density at radius 1 is 0.805 bits per heavy atom. The van der Waals surface area contributed by atoms with Gasteiger partial charge in [0.1, 0.15) is 12.4 Å². The highest BCUT2D eigenvalue weighted by molar-refractivity contribution is 5.90. The molecule has 0 atom stereocenters. The average Bonchev–Trinajstić information content (AvgIpc) is 3.77. The van der Waals surface area contributed by atoms with Crippen molar-refractivity contribution in [2.75, 3.05) is 6.54 Å². The van der Waals surface area contributed by atoms with Crippen LogP contribution in [-0.2, 0) is 25.7 Å². The van der Waals surface area contributed by atoms with Gasteiger partial charge in [-0.1, -0.05) is 72.8 Å². The predicted octanol–water partition coefficient (Wildman–Crippen LogP) is 8.39. The molecule has 1 N–H and O–H groups in total. The first-order valence-corrected chi connectivity index (χ1v) is 13.8. The number of hydrogen-bond donors (Lipinski definition) is 1. The van der Waals surface area contributed by atoms with Crippen molar-refractivity contribution in [3.63, 3.8) is 0 Å². The molecular weight excluding hydrogens is 528 g/mol. The number of nitrogens with one attached hydrogen (secondary N) is 1. The Morgan fingerprint density at radius 2 is 1.51 bits per heavy atom. The molecule has 4 aromatic carbocycles. The summed E-state index contributed by atoms with van der Waals surface area (Å²) in [4.78, 5) is 0. The standard InChI is InChI=1S/C34H30F4N2O/c35-32-29-20-27(41-22-25-6-2-1-3-7-25)16-17-31(29)40(33(32)28-8-4-5-9-30(28)34(36,37)38)21-24-12-10-23(11-13-24)18-19-39-26-14-15-26/h1-13,16-17,20,26,39H,14-15,18-19,21-22H2. The highest BCUT2D eigenvalue weighted by Crippen LogP contribution is 2.41. The zero-order valence-electron chi connectivity index (χ0n) is 22.4. The second kappa shape index (κ2) is 11.4. The Balaban J connectivity index is 1.37. The van der Waals surface area contributed by atoms with Crippen LogP contribution in [0.4, 0.5) is 17.6 Å². The SMILES string of the molecule is Fc1c(-c2ccccc2C(F)(F)F)n(Cc2ccc(CCNC3CC3)cc2)c2ccc(OCc3ccccc3)cc12. The van der Waals surface area contributed by atoms with E-state index in [0.29, 0.717) is 23.9 Å². The first-order valence-electron chi connectivity index (χ1n) is 13.8. The number of benzene rings is 4. The molecule has 5 aromatic rings. The summed E-state index contributed by atoms with van der Waals surface area (Å²) in [6, 6.07) is 28.4. The number of ether oxygens (including phenoxy) is 1. The summed E-state index contributed by atoms with van der Waals surface area (Å²) in [5.41, 5.74) is 2.34. The highest BCUT2D eigenvalue weighted by atomic mass is 19.4. The van der Waals surface area contributed by atoms with Crippen molar-refractivity contribution in [3.05, 3.63) is 125 Å². The molecule has 1 aromatic heterocycles. The van der Waals surface area contributed by atoms with Crippen LogP contribution < -0.4 is 10.1 Å². The zero-order chi connectivity index (χ0) is 28.4. The van der Waals surface area contributed by atoms with Crippen molar-refractivity contribution in [2.24, 2.45) is 0 Å². The normalized spacial score (nSPS) is 13.6. The lowest BCUT2D eigenvalue weighted by Gasteiger charge is -2.16. The fourth-order valence-electron chi connectivity index (χ4n) is 5.19. The maximum absolute atomic E-state index is 16.2. The first kappa shape index (κ1) is 27.1. The van der Waals surface area contributed by atoms with Gasteiger partial charge in [0.15, 0.2) is 5.82 Å². The zero-order valence-corrected chi connectivity index (χ0v) is 22.4. The Bertz CT molecular complexity index is 1640. The first-order chi connectivity index (χ1) is 19.9. The molecule has 7 heteroatoms. The number of hydrogen-bond acceptors (Lipinski definition) is 2. The summed E-state index contributed by atoms with van der Waals surface area (Å²) in [5.74, 6) is -0.262. The van der Waals surface area contributed by atoms with Gasteiger partial charge in [-0.2, -0.15) is 13.2 Å². The van der Waals surface area contributed by atoms with Crippen LogP contribution in [0.25, 0.3) is 22.2 Å². The molecule has 0 spiro atoms.